The summed E-state index contributed by atoms with van der Waals surface area (Å²) >= 11 is 0. The molecule has 0 radical (unpaired) electrons. The van der Waals surface area contributed by atoms with Gasteiger partial charge in [-0.1, -0.05) is 0 Å². The molecule has 1 N–H and O–H groups in total. The Morgan fingerprint density at radius 1 is 1.67 bits per heavy atom. The van der Waals surface area contributed by atoms with E-state index in [0.717, 1.165) is 5.95 Å². The van der Waals surface area contributed by atoms with Gasteiger partial charge in [-0.2, -0.15) is 10.1 Å². The standard InChI is InChI=1S/C4H8N4.ClH/c1-8(2)4-5-3-6-7-4;/h3H,1-2H3,(H,5,6,7);1H. The molecule has 1 heterocycles. The van der Waals surface area contributed by atoms with E-state index in [2.05, 4.69) is 15.2 Å². The van der Waals surface area contributed by atoms with Crippen molar-refractivity contribution in [3.05, 3.63) is 6.33 Å². The Hall–Kier alpha value is -0.770. The van der Waals surface area contributed by atoms with Gasteiger partial charge in [0.25, 0.3) is 0 Å². The third-order valence-electron chi connectivity index (χ3n) is 0.826. The van der Waals surface area contributed by atoms with E-state index in [1.54, 1.807) is 0 Å². The highest BCUT2D eigenvalue weighted by molar-refractivity contribution is 5.22. The van der Waals surface area contributed by atoms with Gasteiger partial charge in [0.2, 0.25) is 5.95 Å². The Morgan fingerprint density at radius 2 is 2.33 bits per heavy atom. The van der Waals surface area contributed by atoms with Crippen molar-refractivity contribution >= 4 is 5.95 Å². The molecule has 0 atom stereocenters. The summed E-state index contributed by atoms with van der Waals surface area (Å²) in [5.41, 5.74) is 0. The van der Waals surface area contributed by atoms with Crippen molar-refractivity contribution < 1.29 is 13.8 Å². The molecule has 1 aromatic heterocycles. The minimum Gasteiger partial charge on any atom is -1.00 e. The van der Waals surface area contributed by atoms with E-state index in [4.69, 9.17) is 0 Å². The fourth-order valence-corrected chi connectivity index (χ4v) is 0.414. The molecule has 0 bridgehead atoms. The van der Waals surface area contributed by atoms with E-state index in [0.29, 0.717) is 0 Å². The van der Waals surface area contributed by atoms with Crippen LogP contribution in [0.2, 0.25) is 0 Å². The summed E-state index contributed by atoms with van der Waals surface area (Å²) in [5, 5.41) is 6.37. The second kappa shape index (κ2) is 3.29. The fourth-order valence-electron chi connectivity index (χ4n) is 0.414. The summed E-state index contributed by atoms with van der Waals surface area (Å²) < 4.78 is 0. The molecular weight excluding hydrogens is 140 g/mol. The number of aromatic nitrogens is 3. The molecule has 0 aliphatic rings. The molecule has 0 saturated heterocycles. The van der Waals surface area contributed by atoms with Crippen LogP contribution in [0.15, 0.2) is 6.33 Å². The molecule has 0 aliphatic heterocycles. The number of anilines is 1. The van der Waals surface area contributed by atoms with Gasteiger partial charge in [0, 0.05) is 14.1 Å². The average molecular weight is 149 g/mol. The second-order valence-electron chi connectivity index (χ2n) is 1.70. The lowest BCUT2D eigenvalue weighted by Gasteiger charge is -2.03. The van der Waals surface area contributed by atoms with E-state index < -0.39 is 0 Å². The molecule has 0 saturated carbocycles. The molecular formula is C4H9ClN4. The SMILES string of the molecule is CN(C)c1ncn[nH]1.[Cl-].[H+]. The van der Waals surface area contributed by atoms with Gasteiger partial charge in [-0.25, -0.2) is 5.10 Å². The predicted molar refractivity (Wildman–Crippen MR) is 31.8 cm³/mol. The number of H-pyrrole nitrogens is 1. The first-order valence-electron chi connectivity index (χ1n) is 2.33. The Morgan fingerprint density at radius 3 is 2.56 bits per heavy atom. The minimum atomic E-state index is 0. The number of nitrogens with one attached hydrogen (secondary N) is 1. The Balaban J connectivity index is 0. The lowest BCUT2D eigenvalue weighted by atomic mass is 10.8. The molecule has 52 valence electrons. The quantitative estimate of drug-likeness (QED) is 0.462. The first-order chi connectivity index (χ1) is 3.80. The largest absolute Gasteiger partial charge is 1.00 e. The van der Waals surface area contributed by atoms with Crippen molar-refractivity contribution in [2.24, 2.45) is 0 Å². The van der Waals surface area contributed by atoms with E-state index >= 15 is 0 Å². The average Bonchev–Trinajstić information content (AvgIpc) is 2.12. The van der Waals surface area contributed by atoms with Crippen LogP contribution in [0, 0.1) is 0 Å². The summed E-state index contributed by atoms with van der Waals surface area (Å²) in [6, 6.07) is 0. The van der Waals surface area contributed by atoms with Crippen molar-refractivity contribution in [2.45, 2.75) is 0 Å². The Kier molecular flexibility index (Phi) is 3.01. The van der Waals surface area contributed by atoms with Gasteiger partial charge in [-0.3, -0.25) is 0 Å². The Bertz CT molecular complexity index is 152. The molecule has 0 aromatic carbocycles. The lowest BCUT2D eigenvalue weighted by Crippen LogP contribution is -3.00. The molecule has 1 aromatic rings. The topological polar surface area (TPSA) is 44.8 Å². The Labute approximate surface area is 61.2 Å². The molecule has 0 aliphatic carbocycles. The summed E-state index contributed by atoms with van der Waals surface area (Å²) in [5.74, 6) is 0.782. The lowest BCUT2D eigenvalue weighted by molar-refractivity contribution is -0.00000195. The number of rotatable bonds is 1. The monoisotopic (exact) mass is 148 g/mol. The van der Waals surface area contributed by atoms with Gasteiger partial charge in [0.15, 0.2) is 0 Å². The zero-order valence-electron chi connectivity index (χ0n) is 6.30. The van der Waals surface area contributed by atoms with Crippen molar-refractivity contribution in [1.29, 1.82) is 0 Å². The molecule has 0 amide bonds. The van der Waals surface area contributed by atoms with Crippen molar-refractivity contribution in [2.75, 3.05) is 19.0 Å². The van der Waals surface area contributed by atoms with E-state index in [-0.39, 0.29) is 13.8 Å². The maximum absolute atomic E-state index is 3.88. The number of nitrogens with zero attached hydrogens (tertiary/aromatic N) is 3. The normalized spacial score (nSPS) is 8.22. The van der Waals surface area contributed by atoms with Gasteiger partial charge in [-0.05, 0) is 0 Å². The summed E-state index contributed by atoms with van der Waals surface area (Å²) in [6.07, 6.45) is 1.48. The summed E-state index contributed by atoms with van der Waals surface area (Å²) in [4.78, 5) is 5.73. The fraction of sp³-hybridized carbons (Fsp3) is 0.500. The maximum Gasteiger partial charge on any atom is 1.00 e. The highest BCUT2D eigenvalue weighted by atomic mass is 35.5. The molecule has 0 spiro atoms. The van der Waals surface area contributed by atoms with Crippen LogP contribution in [-0.2, 0) is 0 Å². The number of hydrogen-bond acceptors (Lipinski definition) is 3. The zero-order chi connectivity index (χ0) is 5.98. The zero-order valence-corrected chi connectivity index (χ0v) is 6.05. The van der Waals surface area contributed by atoms with Crippen LogP contribution in [-0.4, -0.2) is 29.3 Å². The van der Waals surface area contributed by atoms with Gasteiger partial charge < -0.3 is 17.3 Å². The van der Waals surface area contributed by atoms with Gasteiger partial charge in [-0.15, -0.1) is 0 Å². The van der Waals surface area contributed by atoms with Crippen molar-refractivity contribution in [3.63, 3.8) is 0 Å². The van der Waals surface area contributed by atoms with Crippen LogP contribution in [0.1, 0.15) is 1.43 Å². The van der Waals surface area contributed by atoms with Crippen LogP contribution in [0.5, 0.6) is 0 Å². The number of aromatic amines is 1. The minimum absolute atomic E-state index is 0. The third kappa shape index (κ3) is 1.89. The van der Waals surface area contributed by atoms with Crippen LogP contribution in [0.3, 0.4) is 0 Å². The maximum atomic E-state index is 3.88. The summed E-state index contributed by atoms with van der Waals surface area (Å²) in [6.45, 7) is 0. The summed E-state index contributed by atoms with van der Waals surface area (Å²) in [7, 11) is 3.81. The van der Waals surface area contributed by atoms with Crippen molar-refractivity contribution in [1.82, 2.24) is 15.2 Å². The van der Waals surface area contributed by atoms with Crippen LogP contribution < -0.4 is 17.3 Å². The van der Waals surface area contributed by atoms with E-state index in [9.17, 15) is 0 Å². The molecule has 0 fully saturated rings. The smallest absolute Gasteiger partial charge is 1.00 e. The molecule has 0 unspecified atom stereocenters. The van der Waals surface area contributed by atoms with Gasteiger partial charge in [0.05, 0.1) is 0 Å². The number of hydrogen-bond donors (Lipinski definition) is 1. The number of halogens is 1. The molecule has 9 heavy (non-hydrogen) atoms. The van der Waals surface area contributed by atoms with Gasteiger partial charge in [0.1, 0.15) is 6.33 Å². The first kappa shape index (κ1) is 8.23. The van der Waals surface area contributed by atoms with E-state index in [1.807, 2.05) is 19.0 Å². The predicted octanol–water partition coefficient (Wildman–Crippen LogP) is -3.01. The van der Waals surface area contributed by atoms with Crippen molar-refractivity contribution in [3.8, 4) is 0 Å². The molecule has 1 rings (SSSR count). The highest BCUT2D eigenvalue weighted by Crippen LogP contribution is 1.94. The first-order valence-corrected chi connectivity index (χ1v) is 2.33. The van der Waals surface area contributed by atoms with Crippen LogP contribution in [0.25, 0.3) is 0 Å². The van der Waals surface area contributed by atoms with Crippen LogP contribution in [0.4, 0.5) is 5.95 Å². The molecule has 5 heteroatoms. The second-order valence-corrected chi connectivity index (χ2v) is 1.70. The third-order valence-corrected chi connectivity index (χ3v) is 0.826. The van der Waals surface area contributed by atoms with Crippen LogP contribution >= 0.6 is 0 Å². The van der Waals surface area contributed by atoms with E-state index in [1.165, 1.54) is 6.33 Å². The van der Waals surface area contributed by atoms with Gasteiger partial charge >= 0.3 is 1.43 Å². The molecule has 4 nitrogen and oxygen atoms in total. The highest BCUT2D eigenvalue weighted by Gasteiger charge is 1.92.